The first kappa shape index (κ1) is 21.2. The Labute approximate surface area is 194 Å². The van der Waals surface area contributed by atoms with Crippen molar-refractivity contribution in [1.29, 1.82) is 0 Å². The number of hydrogen-bond acceptors (Lipinski definition) is 7. The summed E-state index contributed by atoms with van der Waals surface area (Å²) in [7, 11) is 0. The third-order valence-electron chi connectivity index (χ3n) is 5.53. The number of carboxylic acids is 1. The van der Waals surface area contributed by atoms with Crippen LogP contribution in [0.2, 0.25) is 0 Å². The number of benzene rings is 3. The van der Waals surface area contributed by atoms with Gasteiger partial charge in [0.2, 0.25) is 6.79 Å². The molecule has 0 saturated heterocycles. The number of para-hydroxylation sites is 1. The van der Waals surface area contributed by atoms with Gasteiger partial charge < -0.3 is 25.2 Å². The van der Waals surface area contributed by atoms with Crippen molar-refractivity contribution in [2.75, 3.05) is 17.4 Å². The Morgan fingerprint density at radius 1 is 1.00 bits per heavy atom. The molecule has 1 aromatic heterocycles. The molecule has 3 N–H and O–H groups in total. The molecule has 1 amide bonds. The van der Waals surface area contributed by atoms with Crippen LogP contribution in [0.1, 0.15) is 39.2 Å². The minimum Gasteiger partial charge on any atom is -0.478 e. The molecule has 9 heteroatoms. The Bertz CT molecular complexity index is 1420. The molecule has 9 nitrogen and oxygen atoms in total. The Balaban J connectivity index is 1.35. The van der Waals surface area contributed by atoms with Gasteiger partial charge in [0.25, 0.3) is 5.91 Å². The fourth-order valence-corrected chi connectivity index (χ4v) is 3.79. The van der Waals surface area contributed by atoms with E-state index in [1.165, 1.54) is 12.4 Å². The van der Waals surface area contributed by atoms with Crippen molar-refractivity contribution < 1.29 is 24.2 Å². The summed E-state index contributed by atoms with van der Waals surface area (Å²) in [6.07, 6.45) is 1.34. The lowest BCUT2D eigenvalue weighted by Gasteiger charge is -2.17. The van der Waals surface area contributed by atoms with Crippen LogP contribution in [0, 0.1) is 0 Å². The molecule has 1 aliphatic heterocycles. The van der Waals surface area contributed by atoms with Gasteiger partial charge in [-0.3, -0.25) is 4.79 Å². The first-order valence-corrected chi connectivity index (χ1v) is 10.5. The van der Waals surface area contributed by atoms with Crippen LogP contribution in [-0.4, -0.2) is 33.7 Å². The standard InChI is InChI=1S/C25H20N4O5/c1-14(28-23-18-6-3-7-19(25(31)32)22(18)26-12-27-23)15-4-2-5-17(10-15)29-24(30)16-8-9-20-21(11-16)34-13-33-20/h2-12,14H,13H2,1H3,(H,29,30)(H,31,32)(H,26,27,28). The van der Waals surface area contributed by atoms with Gasteiger partial charge in [0.15, 0.2) is 11.5 Å². The normalized spacial score (nSPS) is 12.9. The average molecular weight is 456 g/mol. The minimum absolute atomic E-state index is 0.115. The Kier molecular flexibility index (Phi) is 5.43. The number of aromatic carboxylic acids is 1. The van der Waals surface area contributed by atoms with Gasteiger partial charge in [-0.25, -0.2) is 14.8 Å². The molecule has 4 aromatic rings. The van der Waals surface area contributed by atoms with Crippen molar-refractivity contribution >= 4 is 34.3 Å². The second-order valence-corrected chi connectivity index (χ2v) is 7.74. The van der Waals surface area contributed by atoms with Crippen molar-refractivity contribution in [2.24, 2.45) is 0 Å². The number of amides is 1. The lowest BCUT2D eigenvalue weighted by molar-refractivity contribution is 0.0698. The molecule has 1 aliphatic rings. The quantitative estimate of drug-likeness (QED) is 0.388. The summed E-state index contributed by atoms with van der Waals surface area (Å²) in [5, 5.41) is 16.3. The summed E-state index contributed by atoms with van der Waals surface area (Å²) in [6.45, 7) is 2.10. The number of anilines is 2. The van der Waals surface area contributed by atoms with E-state index >= 15 is 0 Å². The first-order chi connectivity index (χ1) is 16.5. The van der Waals surface area contributed by atoms with Gasteiger partial charge >= 0.3 is 5.97 Å². The highest BCUT2D eigenvalue weighted by molar-refractivity contribution is 6.05. The Morgan fingerprint density at radius 3 is 2.68 bits per heavy atom. The molecular formula is C25H20N4O5. The number of carbonyl (C=O) groups excluding carboxylic acids is 1. The van der Waals surface area contributed by atoms with Crippen molar-refractivity contribution in [3.63, 3.8) is 0 Å². The van der Waals surface area contributed by atoms with Gasteiger partial charge in [-0.1, -0.05) is 18.2 Å². The molecule has 0 bridgehead atoms. The molecule has 0 aliphatic carbocycles. The summed E-state index contributed by atoms with van der Waals surface area (Å²) in [4.78, 5) is 32.7. The zero-order valence-electron chi connectivity index (χ0n) is 18.1. The maximum absolute atomic E-state index is 12.7. The molecule has 1 unspecified atom stereocenters. The SMILES string of the molecule is CC(Nc1ncnc2c(C(=O)O)cccc12)c1cccc(NC(=O)c2ccc3c(c2)OCO3)c1. The third-order valence-corrected chi connectivity index (χ3v) is 5.53. The van der Waals surface area contributed by atoms with Crippen molar-refractivity contribution in [2.45, 2.75) is 13.0 Å². The van der Waals surface area contributed by atoms with E-state index in [-0.39, 0.29) is 24.3 Å². The van der Waals surface area contributed by atoms with Crippen LogP contribution < -0.4 is 20.1 Å². The van der Waals surface area contributed by atoms with E-state index in [1.807, 2.05) is 25.1 Å². The number of aromatic nitrogens is 2. The van der Waals surface area contributed by atoms with E-state index in [0.717, 1.165) is 5.56 Å². The number of carboxylic acid groups (broad SMARTS) is 1. The average Bonchev–Trinajstić information content (AvgIpc) is 3.32. The lowest BCUT2D eigenvalue weighted by Crippen LogP contribution is -2.13. The largest absolute Gasteiger partial charge is 0.478 e. The number of fused-ring (bicyclic) bond motifs is 2. The number of hydrogen-bond donors (Lipinski definition) is 3. The Morgan fingerprint density at radius 2 is 1.82 bits per heavy atom. The van der Waals surface area contributed by atoms with E-state index in [9.17, 15) is 14.7 Å². The molecule has 5 rings (SSSR count). The molecule has 0 fully saturated rings. The topological polar surface area (TPSA) is 123 Å². The second kappa shape index (κ2) is 8.70. The van der Waals surface area contributed by atoms with Gasteiger partial charge in [0.05, 0.1) is 17.1 Å². The van der Waals surface area contributed by atoms with Crippen LogP contribution in [0.4, 0.5) is 11.5 Å². The summed E-state index contributed by atoms with van der Waals surface area (Å²) in [6, 6.07) is 17.3. The molecule has 3 aromatic carbocycles. The van der Waals surface area contributed by atoms with Gasteiger partial charge in [0.1, 0.15) is 12.1 Å². The minimum atomic E-state index is -1.05. The first-order valence-electron chi connectivity index (χ1n) is 10.5. The number of carbonyl (C=O) groups is 2. The number of nitrogens with one attached hydrogen (secondary N) is 2. The van der Waals surface area contributed by atoms with Gasteiger partial charge in [-0.15, -0.1) is 0 Å². The zero-order chi connectivity index (χ0) is 23.7. The highest BCUT2D eigenvalue weighted by Gasteiger charge is 2.17. The van der Waals surface area contributed by atoms with Crippen LogP contribution in [0.3, 0.4) is 0 Å². The molecule has 0 saturated carbocycles. The van der Waals surface area contributed by atoms with E-state index < -0.39 is 5.97 Å². The van der Waals surface area contributed by atoms with Crippen LogP contribution in [0.5, 0.6) is 11.5 Å². The predicted octanol–water partition coefficient (Wildman–Crippen LogP) is 4.48. The summed E-state index contributed by atoms with van der Waals surface area (Å²) >= 11 is 0. The van der Waals surface area contributed by atoms with Crippen molar-refractivity contribution in [3.8, 4) is 11.5 Å². The van der Waals surface area contributed by atoms with Crippen molar-refractivity contribution in [1.82, 2.24) is 9.97 Å². The number of nitrogens with zero attached hydrogens (tertiary/aromatic N) is 2. The molecule has 0 radical (unpaired) electrons. The maximum Gasteiger partial charge on any atom is 0.337 e. The summed E-state index contributed by atoms with van der Waals surface area (Å²) in [5.74, 6) is 0.372. The smallest absolute Gasteiger partial charge is 0.337 e. The van der Waals surface area contributed by atoms with Crippen molar-refractivity contribution in [3.05, 3.63) is 83.7 Å². The molecule has 1 atom stereocenters. The van der Waals surface area contributed by atoms with Gasteiger partial charge in [0, 0.05) is 16.6 Å². The molecule has 0 spiro atoms. The van der Waals surface area contributed by atoms with Crippen LogP contribution in [0.25, 0.3) is 10.9 Å². The predicted molar refractivity (Wildman–Crippen MR) is 125 cm³/mol. The summed E-state index contributed by atoms with van der Waals surface area (Å²) < 4.78 is 10.6. The third kappa shape index (κ3) is 4.06. The van der Waals surface area contributed by atoms with E-state index in [1.54, 1.807) is 36.4 Å². The molecule has 34 heavy (non-hydrogen) atoms. The second-order valence-electron chi connectivity index (χ2n) is 7.74. The van der Waals surface area contributed by atoms with Crippen LogP contribution in [-0.2, 0) is 0 Å². The monoisotopic (exact) mass is 456 g/mol. The van der Waals surface area contributed by atoms with E-state index in [0.29, 0.717) is 39.5 Å². The van der Waals surface area contributed by atoms with Crippen LogP contribution in [0.15, 0.2) is 67.0 Å². The Hall–Kier alpha value is -4.66. The zero-order valence-corrected chi connectivity index (χ0v) is 18.1. The molecule has 170 valence electrons. The number of ether oxygens (including phenoxy) is 2. The fraction of sp³-hybridized carbons (Fsp3) is 0.120. The van der Waals surface area contributed by atoms with E-state index in [2.05, 4.69) is 20.6 Å². The van der Waals surface area contributed by atoms with Gasteiger partial charge in [-0.2, -0.15) is 0 Å². The lowest BCUT2D eigenvalue weighted by atomic mass is 10.1. The highest BCUT2D eigenvalue weighted by Crippen LogP contribution is 2.33. The van der Waals surface area contributed by atoms with E-state index in [4.69, 9.17) is 9.47 Å². The van der Waals surface area contributed by atoms with Crippen LogP contribution >= 0.6 is 0 Å². The maximum atomic E-state index is 12.7. The highest BCUT2D eigenvalue weighted by atomic mass is 16.7. The van der Waals surface area contributed by atoms with Gasteiger partial charge in [-0.05, 0) is 55.0 Å². The molecule has 2 heterocycles. The summed E-state index contributed by atoms with van der Waals surface area (Å²) in [5.41, 5.74) is 2.48. The molecular weight excluding hydrogens is 436 g/mol. The fourth-order valence-electron chi connectivity index (χ4n) is 3.79. The number of rotatable bonds is 6.